The predicted octanol–water partition coefficient (Wildman–Crippen LogP) is 1.81. The quantitative estimate of drug-likeness (QED) is 0.855. The lowest BCUT2D eigenvalue weighted by Crippen LogP contribution is -2.38. The normalized spacial score (nSPS) is 21.3. The number of fused-ring (bicyclic) bond motifs is 1. The number of amides is 2. The average Bonchev–Trinajstić information content (AvgIpc) is 2.82. The number of hydrogen-bond acceptors (Lipinski definition) is 3. The van der Waals surface area contributed by atoms with Crippen molar-refractivity contribution in [2.24, 2.45) is 0 Å². The van der Waals surface area contributed by atoms with E-state index in [-0.39, 0.29) is 17.9 Å². The third-order valence-corrected chi connectivity index (χ3v) is 4.26. The number of hydrogen-bond donors (Lipinski definition) is 0. The van der Waals surface area contributed by atoms with Gasteiger partial charge in [-0.3, -0.25) is 9.59 Å². The summed E-state index contributed by atoms with van der Waals surface area (Å²) in [5, 5.41) is 0. The smallest absolute Gasteiger partial charge is 0.224 e. The van der Waals surface area contributed by atoms with E-state index in [0.717, 1.165) is 24.3 Å². The Hall–Kier alpha value is -2.04. The van der Waals surface area contributed by atoms with Crippen molar-refractivity contribution in [3.05, 3.63) is 29.8 Å². The van der Waals surface area contributed by atoms with Gasteiger partial charge in [-0.1, -0.05) is 18.2 Å². The van der Waals surface area contributed by atoms with E-state index in [1.54, 1.807) is 4.90 Å². The van der Waals surface area contributed by atoms with Crippen LogP contribution in [0.4, 0.5) is 0 Å². The summed E-state index contributed by atoms with van der Waals surface area (Å²) in [6.07, 6.45) is 1.90. The third kappa shape index (κ3) is 3.24. The molecule has 5 nitrogen and oxygen atoms in total. The van der Waals surface area contributed by atoms with Gasteiger partial charge in [0.05, 0.1) is 6.54 Å². The first-order valence-corrected chi connectivity index (χ1v) is 7.93. The molecule has 3 rings (SSSR count). The molecule has 1 atom stereocenters. The Balaban J connectivity index is 1.63. The van der Waals surface area contributed by atoms with Gasteiger partial charge < -0.3 is 14.5 Å². The van der Waals surface area contributed by atoms with Crippen molar-refractivity contribution in [1.29, 1.82) is 0 Å². The maximum absolute atomic E-state index is 12.5. The Morgan fingerprint density at radius 1 is 1.36 bits per heavy atom. The molecule has 2 aliphatic heterocycles. The summed E-state index contributed by atoms with van der Waals surface area (Å²) in [5.41, 5.74) is 1.04. The molecule has 0 bridgehead atoms. The van der Waals surface area contributed by atoms with Crippen molar-refractivity contribution in [2.75, 3.05) is 19.6 Å². The van der Waals surface area contributed by atoms with Crippen LogP contribution < -0.4 is 4.74 Å². The van der Waals surface area contributed by atoms with Crippen LogP contribution in [0.3, 0.4) is 0 Å². The van der Waals surface area contributed by atoms with Crippen molar-refractivity contribution >= 4 is 11.8 Å². The van der Waals surface area contributed by atoms with E-state index in [0.29, 0.717) is 32.5 Å². The molecule has 0 aliphatic carbocycles. The molecule has 1 saturated heterocycles. The van der Waals surface area contributed by atoms with E-state index in [4.69, 9.17) is 4.74 Å². The number of rotatable bonds is 3. The lowest BCUT2D eigenvalue weighted by molar-refractivity contribution is -0.134. The highest BCUT2D eigenvalue weighted by Crippen LogP contribution is 2.25. The number of carbonyl (C=O) groups is 2. The van der Waals surface area contributed by atoms with Crippen LogP contribution in [-0.2, 0) is 16.1 Å². The number of benzene rings is 1. The minimum atomic E-state index is -0.0268. The van der Waals surface area contributed by atoms with Crippen LogP contribution in [0.25, 0.3) is 0 Å². The van der Waals surface area contributed by atoms with Crippen molar-refractivity contribution in [3.63, 3.8) is 0 Å². The monoisotopic (exact) mass is 302 g/mol. The van der Waals surface area contributed by atoms with Crippen LogP contribution in [0.15, 0.2) is 24.3 Å². The third-order valence-electron chi connectivity index (χ3n) is 4.26. The maximum Gasteiger partial charge on any atom is 0.224 e. The predicted molar refractivity (Wildman–Crippen MR) is 82.4 cm³/mol. The molecular weight excluding hydrogens is 280 g/mol. The van der Waals surface area contributed by atoms with Crippen molar-refractivity contribution in [3.8, 4) is 5.75 Å². The molecule has 0 N–H and O–H groups in total. The summed E-state index contributed by atoms with van der Waals surface area (Å²) in [5.74, 6) is 1.12. The standard InChI is InChI=1S/C17H22N2O3/c1-13-11-19(12-14-5-2-3-6-15(14)22-13)17(21)8-10-18-9-4-7-16(18)20/h2-3,5-6,13H,4,7-12H2,1H3. The van der Waals surface area contributed by atoms with Crippen LogP contribution in [0.1, 0.15) is 31.7 Å². The number of nitrogens with zero attached hydrogens (tertiary/aromatic N) is 2. The maximum atomic E-state index is 12.5. The first-order valence-electron chi connectivity index (χ1n) is 7.93. The summed E-state index contributed by atoms with van der Waals surface area (Å²) < 4.78 is 5.87. The highest BCUT2D eigenvalue weighted by Gasteiger charge is 2.25. The minimum absolute atomic E-state index is 0.0268. The lowest BCUT2D eigenvalue weighted by atomic mass is 10.2. The van der Waals surface area contributed by atoms with Crippen LogP contribution in [0.5, 0.6) is 5.75 Å². The number of carbonyl (C=O) groups excluding carboxylic acids is 2. The van der Waals surface area contributed by atoms with Gasteiger partial charge in [-0.05, 0) is 19.4 Å². The van der Waals surface area contributed by atoms with Crippen LogP contribution >= 0.6 is 0 Å². The first kappa shape index (κ1) is 14.9. The molecule has 0 spiro atoms. The van der Waals surface area contributed by atoms with Gasteiger partial charge in [0, 0.05) is 38.0 Å². The second kappa shape index (κ2) is 6.38. The number of ether oxygens (including phenoxy) is 1. The van der Waals surface area contributed by atoms with Gasteiger partial charge in [-0.25, -0.2) is 0 Å². The fraction of sp³-hybridized carbons (Fsp3) is 0.529. The molecule has 2 aliphatic rings. The fourth-order valence-corrected chi connectivity index (χ4v) is 3.10. The van der Waals surface area contributed by atoms with Gasteiger partial charge in [0.15, 0.2) is 0 Å². The Kier molecular flexibility index (Phi) is 4.32. The number of para-hydroxylation sites is 1. The second-order valence-corrected chi connectivity index (χ2v) is 6.04. The molecule has 22 heavy (non-hydrogen) atoms. The highest BCUT2D eigenvalue weighted by atomic mass is 16.5. The Labute approximate surface area is 130 Å². The molecule has 118 valence electrons. The summed E-state index contributed by atoms with van der Waals surface area (Å²) in [6, 6.07) is 7.85. The molecule has 0 aromatic heterocycles. The van der Waals surface area contributed by atoms with Gasteiger partial charge in [0.25, 0.3) is 0 Å². The summed E-state index contributed by atoms with van der Waals surface area (Å²) in [4.78, 5) is 27.8. The van der Waals surface area contributed by atoms with E-state index < -0.39 is 0 Å². The average molecular weight is 302 g/mol. The van der Waals surface area contributed by atoms with Crippen molar-refractivity contribution < 1.29 is 14.3 Å². The molecule has 1 unspecified atom stereocenters. The molecule has 1 aromatic rings. The molecule has 0 saturated carbocycles. The van der Waals surface area contributed by atoms with Gasteiger partial charge in [-0.2, -0.15) is 0 Å². The minimum Gasteiger partial charge on any atom is -0.489 e. The number of likely N-dealkylation sites (tertiary alicyclic amines) is 1. The van der Waals surface area contributed by atoms with Crippen molar-refractivity contribution in [1.82, 2.24) is 9.80 Å². The summed E-state index contributed by atoms with van der Waals surface area (Å²) in [6.45, 7) is 4.46. The largest absolute Gasteiger partial charge is 0.489 e. The van der Waals surface area contributed by atoms with Crippen LogP contribution in [-0.4, -0.2) is 47.4 Å². The molecule has 2 heterocycles. The molecule has 1 fully saturated rings. The highest BCUT2D eigenvalue weighted by molar-refractivity contribution is 5.80. The zero-order chi connectivity index (χ0) is 15.5. The lowest BCUT2D eigenvalue weighted by Gasteiger charge is -2.23. The molecular formula is C17H22N2O3. The molecule has 0 radical (unpaired) electrons. The summed E-state index contributed by atoms with van der Waals surface area (Å²) in [7, 11) is 0. The zero-order valence-electron chi connectivity index (χ0n) is 13.0. The van der Waals surface area contributed by atoms with E-state index in [1.165, 1.54) is 0 Å². The van der Waals surface area contributed by atoms with Gasteiger partial charge in [-0.15, -0.1) is 0 Å². The first-order chi connectivity index (χ1) is 10.6. The van der Waals surface area contributed by atoms with E-state index in [1.807, 2.05) is 36.1 Å². The Morgan fingerprint density at radius 3 is 2.95 bits per heavy atom. The van der Waals surface area contributed by atoms with Gasteiger partial charge >= 0.3 is 0 Å². The van der Waals surface area contributed by atoms with Gasteiger partial charge in [0.1, 0.15) is 11.9 Å². The van der Waals surface area contributed by atoms with E-state index in [9.17, 15) is 9.59 Å². The fourth-order valence-electron chi connectivity index (χ4n) is 3.10. The Bertz CT molecular complexity index is 573. The second-order valence-electron chi connectivity index (χ2n) is 6.04. The van der Waals surface area contributed by atoms with Crippen molar-refractivity contribution in [2.45, 2.75) is 38.8 Å². The molecule has 2 amide bonds. The Morgan fingerprint density at radius 2 is 2.18 bits per heavy atom. The molecule has 5 heteroatoms. The van der Waals surface area contributed by atoms with E-state index in [2.05, 4.69) is 0 Å². The van der Waals surface area contributed by atoms with Crippen LogP contribution in [0.2, 0.25) is 0 Å². The van der Waals surface area contributed by atoms with Crippen LogP contribution in [0, 0.1) is 0 Å². The van der Waals surface area contributed by atoms with Gasteiger partial charge in [0.2, 0.25) is 11.8 Å². The SMILES string of the molecule is CC1CN(C(=O)CCN2CCCC2=O)Cc2ccccc2O1. The molecule has 1 aromatic carbocycles. The zero-order valence-corrected chi connectivity index (χ0v) is 13.0. The van der Waals surface area contributed by atoms with E-state index >= 15 is 0 Å². The summed E-state index contributed by atoms with van der Waals surface area (Å²) >= 11 is 0. The topological polar surface area (TPSA) is 49.9 Å².